The fourth-order valence-electron chi connectivity index (χ4n) is 2.67. The lowest BCUT2D eigenvalue weighted by Gasteiger charge is -2.34. The first-order valence-corrected chi connectivity index (χ1v) is 9.05. The molecule has 9 heteroatoms. The number of hydrogen-bond donors (Lipinski definition) is 1. The third kappa shape index (κ3) is 2.97. The molecule has 0 bridgehead atoms. The second kappa shape index (κ2) is 6.68. The number of nitrogens with zero attached hydrogens (tertiary/aromatic N) is 1. The Kier molecular flexibility index (Phi) is 4.56. The summed E-state index contributed by atoms with van der Waals surface area (Å²) in [5, 5.41) is 0. The van der Waals surface area contributed by atoms with Crippen LogP contribution in [0, 0.1) is 0 Å². The van der Waals surface area contributed by atoms with Crippen LogP contribution < -0.4 is 14.8 Å². The number of primary amides is 1. The highest BCUT2D eigenvalue weighted by atomic mass is 32.2. The van der Waals surface area contributed by atoms with E-state index in [1.807, 2.05) is 0 Å². The van der Waals surface area contributed by atoms with Crippen molar-refractivity contribution in [2.75, 3.05) is 18.0 Å². The third-order valence-electron chi connectivity index (χ3n) is 3.91. The van der Waals surface area contributed by atoms with Crippen LogP contribution in [0.15, 0.2) is 53.4 Å². The van der Waals surface area contributed by atoms with Crippen LogP contribution in [0.4, 0.5) is 5.69 Å². The number of benzene rings is 2. The molecule has 3 rings (SSSR count). The second-order valence-corrected chi connectivity index (χ2v) is 7.33. The largest absolute Gasteiger partial charge is 0.476 e. The molecule has 8 nitrogen and oxygen atoms in total. The molecular weight excluding hydrogens is 360 g/mol. The number of para-hydroxylation sites is 2. The van der Waals surface area contributed by atoms with E-state index >= 15 is 0 Å². The predicted molar refractivity (Wildman–Crippen MR) is 92.4 cm³/mol. The second-order valence-electron chi connectivity index (χ2n) is 5.50. The van der Waals surface area contributed by atoms with Crippen LogP contribution in [0.1, 0.15) is 10.4 Å². The summed E-state index contributed by atoms with van der Waals surface area (Å²) in [6, 6.07) is 12.1. The van der Waals surface area contributed by atoms with Gasteiger partial charge in [0.05, 0.1) is 24.9 Å². The van der Waals surface area contributed by atoms with Crippen molar-refractivity contribution in [3.8, 4) is 5.75 Å². The summed E-state index contributed by atoms with van der Waals surface area (Å²) in [7, 11) is -3.02. The van der Waals surface area contributed by atoms with Crippen LogP contribution in [0.5, 0.6) is 5.75 Å². The van der Waals surface area contributed by atoms with Gasteiger partial charge in [0, 0.05) is 0 Å². The zero-order chi connectivity index (χ0) is 18.9. The van der Waals surface area contributed by atoms with Crippen LogP contribution >= 0.6 is 0 Å². The zero-order valence-electron chi connectivity index (χ0n) is 13.8. The standard InChI is InChI=1S/C17H16N2O6S/c1-24-17(21)11-6-2-5-9-15(11)26(22,23)19-10-14(16(18)20)25-13-8-4-3-7-12(13)19/h2-9,14H,10H2,1H3,(H2,18,20). The minimum Gasteiger partial charge on any atom is -0.476 e. The zero-order valence-corrected chi connectivity index (χ0v) is 14.6. The van der Waals surface area contributed by atoms with Crippen molar-refractivity contribution in [3.63, 3.8) is 0 Å². The van der Waals surface area contributed by atoms with Gasteiger partial charge in [-0.1, -0.05) is 24.3 Å². The summed E-state index contributed by atoms with van der Waals surface area (Å²) >= 11 is 0. The summed E-state index contributed by atoms with van der Waals surface area (Å²) in [6.07, 6.45) is -1.15. The van der Waals surface area contributed by atoms with E-state index < -0.39 is 28.0 Å². The van der Waals surface area contributed by atoms with Gasteiger partial charge in [0.1, 0.15) is 10.6 Å². The molecule has 0 saturated carbocycles. The molecule has 0 spiro atoms. The van der Waals surface area contributed by atoms with E-state index in [-0.39, 0.29) is 28.4 Å². The van der Waals surface area contributed by atoms with Crippen LogP contribution in [-0.2, 0) is 19.6 Å². The smallest absolute Gasteiger partial charge is 0.339 e. The first kappa shape index (κ1) is 17.7. The SMILES string of the molecule is COC(=O)c1ccccc1S(=O)(=O)N1CC(C(N)=O)Oc2ccccc21. The summed E-state index contributed by atoms with van der Waals surface area (Å²) in [6.45, 7) is -0.301. The van der Waals surface area contributed by atoms with Crippen LogP contribution in [0.25, 0.3) is 0 Å². The lowest BCUT2D eigenvalue weighted by Crippen LogP contribution is -2.49. The number of anilines is 1. The number of carbonyl (C=O) groups excluding carboxylic acids is 2. The molecule has 1 atom stereocenters. The van der Waals surface area contributed by atoms with E-state index in [0.29, 0.717) is 0 Å². The van der Waals surface area contributed by atoms with Crippen molar-refractivity contribution < 1.29 is 27.5 Å². The first-order valence-electron chi connectivity index (χ1n) is 7.61. The maximum Gasteiger partial charge on any atom is 0.339 e. The Labute approximate surface area is 150 Å². The number of fused-ring (bicyclic) bond motifs is 1. The average Bonchev–Trinajstić information content (AvgIpc) is 2.66. The van der Waals surface area contributed by atoms with Crippen molar-refractivity contribution in [3.05, 3.63) is 54.1 Å². The molecule has 1 unspecified atom stereocenters. The molecule has 2 aromatic carbocycles. The number of sulfonamides is 1. The van der Waals surface area contributed by atoms with Crippen LogP contribution in [-0.4, -0.2) is 40.1 Å². The van der Waals surface area contributed by atoms with Gasteiger partial charge in [-0.05, 0) is 24.3 Å². The molecule has 0 radical (unpaired) electrons. The van der Waals surface area contributed by atoms with E-state index in [1.54, 1.807) is 24.3 Å². The van der Waals surface area contributed by atoms with Gasteiger partial charge >= 0.3 is 5.97 Å². The number of rotatable bonds is 4. The highest BCUT2D eigenvalue weighted by molar-refractivity contribution is 7.93. The molecule has 26 heavy (non-hydrogen) atoms. The molecule has 1 aliphatic rings. The number of esters is 1. The quantitative estimate of drug-likeness (QED) is 0.793. The highest BCUT2D eigenvalue weighted by Crippen LogP contribution is 2.37. The van der Waals surface area contributed by atoms with Crippen LogP contribution in [0.3, 0.4) is 0 Å². The van der Waals surface area contributed by atoms with Gasteiger partial charge in [0.25, 0.3) is 15.9 Å². The third-order valence-corrected chi connectivity index (χ3v) is 5.75. The van der Waals surface area contributed by atoms with Crippen molar-refractivity contribution >= 4 is 27.6 Å². The Hall–Kier alpha value is -3.07. The molecule has 1 amide bonds. The lowest BCUT2D eigenvalue weighted by atomic mass is 10.2. The minimum atomic E-state index is -4.18. The Bertz CT molecular complexity index is 973. The minimum absolute atomic E-state index is 0.102. The van der Waals surface area contributed by atoms with E-state index in [2.05, 4.69) is 4.74 Å². The molecule has 1 heterocycles. The Morgan fingerprint density at radius 1 is 1.15 bits per heavy atom. The fourth-order valence-corrected chi connectivity index (χ4v) is 4.33. The van der Waals surface area contributed by atoms with Gasteiger partial charge in [-0.2, -0.15) is 0 Å². The Morgan fingerprint density at radius 2 is 1.81 bits per heavy atom. The number of ether oxygens (including phenoxy) is 2. The Balaban J connectivity index is 2.16. The summed E-state index contributed by atoms with van der Waals surface area (Å²) < 4.78 is 37.7. The Morgan fingerprint density at radius 3 is 2.50 bits per heavy atom. The number of carbonyl (C=O) groups is 2. The molecule has 2 aromatic rings. The summed E-state index contributed by atoms with van der Waals surface area (Å²) in [5.41, 5.74) is 5.46. The van der Waals surface area contributed by atoms with E-state index in [0.717, 1.165) is 4.31 Å². The normalized spacial score (nSPS) is 16.3. The maximum atomic E-state index is 13.3. The average molecular weight is 376 g/mol. The van der Waals surface area contributed by atoms with Crippen LogP contribution in [0.2, 0.25) is 0 Å². The highest BCUT2D eigenvalue weighted by Gasteiger charge is 2.38. The summed E-state index contributed by atoms with van der Waals surface area (Å²) in [4.78, 5) is 23.3. The van der Waals surface area contributed by atoms with Crippen molar-refractivity contribution in [2.45, 2.75) is 11.0 Å². The van der Waals surface area contributed by atoms with E-state index in [9.17, 15) is 18.0 Å². The molecule has 0 aliphatic carbocycles. The van der Waals surface area contributed by atoms with Gasteiger partial charge < -0.3 is 15.2 Å². The molecule has 2 N–H and O–H groups in total. The monoisotopic (exact) mass is 376 g/mol. The maximum absolute atomic E-state index is 13.3. The molecule has 0 fully saturated rings. The molecular formula is C17H16N2O6S. The number of methoxy groups -OCH3 is 1. The molecule has 136 valence electrons. The van der Waals surface area contributed by atoms with E-state index in [4.69, 9.17) is 10.5 Å². The number of hydrogen-bond acceptors (Lipinski definition) is 6. The van der Waals surface area contributed by atoms with Crippen molar-refractivity contribution in [1.82, 2.24) is 0 Å². The van der Waals surface area contributed by atoms with Crippen molar-refractivity contribution in [2.24, 2.45) is 5.73 Å². The van der Waals surface area contributed by atoms with Gasteiger partial charge in [-0.25, -0.2) is 13.2 Å². The van der Waals surface area contributed by atoms with E-state index in [1.165, 1.54) is 31.4 Å². The topological polar surface area (TPSA) is 116 Å². The summed E-state index contributed by atoms with van der Waals surface area (Å²) in [5.74, 6) is -1.36. The van der Waals surface area contributed by atoms with Crippen molar-refractivity contribution in [1.29, 1.82) is 0 Å². The van der Waals surface area contributed by atoms with Gasteiger partial charge in [-0.15, -0.1) is 0 Å². The molecule has 1 aliphatic heterocycles. The fraction of sp³-hybridized carbons (Fsp3) is 0.176. The van der Waals surface area contributed by atoms with Gasteiger partial charge in [0.15, 0.2) is 6.10 Å². The number of amides is 1. The lowest BCUT2D eigenvalue weighted by molar-refractivity contribution is -0.124. The number of nitrogens with two attached hydrogens (primary N) is 1. The molecule has 0 saturated heterocycles. The predicted octanol–water partition coefficient (Wildman–Crippen LogP) is 0.915. The van der Waals surface area contributed by atoms with Gasteiger partial charge in [-0.3, -0.25) is 9.10 Å². The molecule has 0 aromatic heterocycles. The van der Waals surface area contributed by atoms with Gasteiger partial charge in [0.2, 0.25) is 0 Å². The first-order chi connectivity index (χ1) is 12.4.